The highest BCUT2D eigenvalue weighted by atomic mass is 32.2. The van der Waals surface area contributed by atoms with E-state index >= 15 is 0 Å². The number of guanidine groups is 1. The predicted molar refractivity (Wildman–Crippen MR) is 105 cm³/mol. The minimum atomic E-state index is 0.0484. The first-order valence-electron chi connectivity index (χ1n) is 8.76. The number of aliphatic imine (C=N–C) groups is 1. The molecule has 1 aliphatic carbocycles. The van der Waals surface area contributed by atoms with Crippen molar-refractivity contribution >= 4 is 23.6 Å². The summed E-state index contributed by atoms with van der Waals surface area (Å²) >= 11 is 1.93. The van der Waals surface area contributed by atoms with Crippen LogP contribution in [-0.4, -0.2) is 66.5 Å². The van der Waals surface area contributed by atoms with E-state index in [-0.39, 0.29) is 12.5 Å². The Kier molecular flexibility index (Phi) is 8.04. The zero-order valence-electron chi connectivity index (χ0n) is 15.4. The van der Waals surface area contributed by atoms with Gasteiger partial charge in [0.05, 0.1) is 6.54 Å². The Labute approximate surface area is 154 Å². The van der Waals surface area contributed by atoms with Gasteiger partial charge in [-0.05, 0) is 37.7 Å². The van der Waals surface area contributed by atoms with Gasteiger partial charge >= 0.3 is 0 Å². The molecular weight excluding hydrogens is 334 g/mol. The Bertz CT molecular complexity index is 566. The van der Waals surface area contributed by atoms with Gasteiger partial charge in [0.25, 0.3) is 0 Å². The zero-order valence-corrected chi connectivity index (χ0v) is 16.2. The monoisotopic (exact) mass is 363 g/mol. The number of hydrogen-bond acceptors (Lipinski definition) is 4. The molecule has 2 rings (SSSR count). The summed E-state index contributed by atoms with van der Waals surface area (Å²) in [6, 6.07) is 6.28. The Balaban J connectivity index is 1.70. The first-order chi connectivity index (χ1) is 12.1. The van der Waals surface area contributed by atoms with Crippen molar-refractivity contribution < 1.29 is 4.79 Å². The van der Waals surface area contributed by atoms with E-state index in [2.05, 4.69) is 26.9 Å². The fourth-order valence-electron chi connectivity index (χ4n) is 2.92. The summed E-state index contributed by atoms with van der Waals surface area (Å²) in [4.78, 5) is 22.5. The van der Waals surface area contributed by atoms with Gasteiger partial charge in [-0.25, -0.2) is 0 Å². The molecule has 2 N–H and O–H groups in total. The van der Waals surface area contributed by atoms with E-state index in [0.29, 0.717) is 18.5 Å². The number of rotatable bonds is 7. The van der Waals surface area contributed by atoms with Gasteiger partial charge in [-0.3, -0.25) is 14.8 Å². The number of aromatic nitrogens is 1. The van der Waals surface area contributed by atoms with Crippen LogP contribution < -0.4 is 10.6 Å². The van der Waals surface area contributed by atoms with Gasteiger partial charge in [-0.15, -0.1) is 0 Å². The van der Waals surface area contributed by atoms with Crippen LogP contribution in [0.25, 0.3) is 0 Å². The molecule has 2 atom stereocenters. The maximum absolute atomic E-state index is 12.3. The summed E-state index contributed by atoms with van der Waals surface area (Å²) in [5.74, 6) is 0.755. The highest BCUT2D eigenvalue weighted by molar-refractivity contribution is 7.99. The summed E-state index contributed by atoms with van der Waals surface area (Å²) in [6.07, 6.45) is 8.25. The topological polar surface area (TPSA) is 69.6 Å². The van der Waals surface area contributed by atoms with E-state index in [0.717, 1.165) is 30.2 Å². The lowest BCUT2D eigenvalue weighted by molar-refractivity contribution is -0.128. The maximum Gasteiger partial charge on any atom is 0.241 e. The number of nitrogens with one attached hydrogen (secondary N) is 2. The lowest BCUT2D eigenvalue weighted by atomic mass is 10.2. The second kappa shape index (κ2) is 10.3. The van der Waals surface area contributed by atoms with Crippen LogP contribution in [0, 0.1) is 0 Å². The molecule has 1 heterocycles. The van der Waals surface area contributed by atoms with Crippen LogP contribution >= 0.6 is 11.8 Å². The van der Waals surface area contributed by atoms with Crippen LogP contribution in [0.3, 0.4) is 0 Å². The molecule has 1 aromatic heterocycles. The largest absolute Gasteiger partial charge is 0.354 e. The average Bonchev–Trinajstić information content (AvgIpc) is 3.11. The van der Waals surface area contributed by atoms with Gasteiger partial charge < -0.3 is 15.5 Å². The third-order valence-electron chi connectivity index (χ3n) is 4.54. The average molecular weight is 364 g/mol. The minimum absolute atomic E-state index is 0.0484. The van der Waals surface area contributed by atoms with E-state index < -0.39 is 0 Å². The van der Waals surface area contributed by atoms with Gasteiger partial charge in [-0.1, -0.05) is 6.07 Å². The molecule has 0 spiro atoms. The summed E-state index contributed by atoms with van der Waals surface area (Å²) in [6.45, 7) is 0.901. The van der Waals surface area contributed by atoms with E-state index in [1.165, 1.54) is 6.42 Å². The second-order valence-electron chi connectivity index (χ2n) is 6.32. The van der Waals surface area contributed by atoms with Crippen molar-refractivity contribution in [1.29, 1.82) is 0 Å². The van der Waals surface area contributed by atoms with E-state index in [4.69, 9.17) is 0 Å². The molecule has 0 saturated heterocycles. The van der Waals surface area contributed by atoms with Gasteiger partial charge in [0.1, 0.15) is 0 Å². The predicted octanol–water partition coefficient (Wildman–Crippen LogP) is 1.53. The van der Waals surface area contributed by atoms with Crippen molar-refractivity contribution in [3.63, 3.8) is 0 Å². The molecule has 1 aromatic rings. The SMILES string of the molecule is CN=C(NCC(=O)N(C)CCc1ccccn1)NC1CCC(SC)C1. The van der Waals surface area contributed by atoms with Crippen LogP contribution in [0.2, 0.25) is 0 Å². The Morgan fingerprint density at radius 3 is 2.92 bits per heavy atom. The van der Waals surface area contributed by atoms with Gasteiger partial charge in [-0.2, -0.15) is 11.8 Å². The summed E-state index contributed by atoms with van der Waals surface area (Å²) in [7, 11) is 3.56. The van der Waals surface area contributed by atoms with Crippen LogP contribution in [0.5, 0.6) is 0 Å². The van der Waals surface area contributed by atoms with Crippen molar-refractivity contribution in [1.82, 2.24) is 20.5 Å². The van der Waals surface area contributed by atoms with Crippen molar-refractivity contribution in [2.45, 2.75) is 37.0 Å². The molecule has 2 unspecified atom stereocenters. The van der Waals surface area contributed by atoms with Crippen LogP contribution in [-0.2, 0) is 11.2 Å². The fraction of sp³-hybridized carbons (Fsp3) is 0.611. The normalized spacial score (nSPS) is 20.4. The molecule has 1 fully saturated rings. The Hall–Kier alpha value is -1.76. The van der Waals surface area contributed by atoms with Crippen molar-refractivity contribution in [3.8, 4) is 0 Å². The molecule has 0 bridgehead atoms. The number of amides is 1. The fourth-order valence-corrected chi connectivity index (χ4v) is 3.72. The summed E-state index contributed by atoms with van der Waals surface area (Å²) in [5.41, 5.74) is 0.997. The van der Waals surface area contributed by atoms with Crippen molar-refractivity contribution in [2.24, 2.45) is 4.99 Å². The molecule has 7 heteroatoms. The summed E-state index contributed by atoms with van der Waals surface area (Å²) in [5, 5.41) is 7.29. The Morgan fingerprint density at radius 2 is 2.28 bits per heavy atom. The lowest BCUT2D eigenvalue weighted by Gasteiger charge is -2.20. The quantitative estimate of drug-likeness (QED) is 0.568. The van der Waals surface area contributed by atoms with E-state index in [9.17, 15) is 4.79 Å². The third kappa shape index (κ3) is 6.57. The van der Waals surface area contributed by atoms with Crippen molar-refractivity contribution in [2.75, 3.05) is 33.4 Å². The van der Waals surface area contributed by atoms with Crippen LogP contribution in [0.15, 0.2) is 29.4 Å². The molecule has 1 aliphatic rings. The number of hydrogen-bond donors (Lipinski definition) is 2. The van der Waals surface area contributed by atoms with Crippen LogP contribution in [0.4, 0.5) is 0 Å². The number of likely N-dealkylation sites (N-methyl/N-ethyl adjacent to an activating group) is 1. The molecule has 25 heavy (non-hydrogen) atoms. The number of thioether (sulfide) groups is 1. The van der Waals surface area contributed by atoms with Crippen LogP contribution in [0.1, 0.15) is 25.0 Å². The van der Waals surface area contributed by atoms with Crippen molar-refractivity contribution in [3.05, 3.63) is 30.1 Å². The second-order valence-corrected chi connectivity index (χ2v) is 7.46. The standard InChI is InChI=1S/C18H29N5OS/c1-19-18(22-15-7-8-16(12-15)25-3)21-13-17(24)23(2)11-9-14-6-4-5-10-20-14/h4-6,10,15-16H,7-9,11-13H2,1-3H3,(H2,19,21,22). The molecule has 0 aliphatic heterocycles. The molecule has 1 amide bonds. The van der Waals surface area contributed by atoms with Gasteiger partial charge in [0, 0.05) is 50.2 Å². The third-order valence-corrected chi connectivity index (χ3v) is 5.64. The first kappa shape index (κ1) is 19.6. The lowest BCUT2D eigenvalue weighted by Crippen LogP contribution is -2.46. The highest BCUT2D eigenvalue weighted by Gasteiger charge is 2.24. The van der Waals surface area contributed by atoms with E-state index in [1.54, 1.807) is 18.1 Å². The number of nitrogens with zero attached hydrogens (tertiary/aromatic N) is 3. The molecule has 1 saturated carbocycles. The smallest absolute Gasteiger partial charge is 0.241 e. The minimum Gasteiger partial charge on any atom is -0.354 e. The van der Waals surface area contributed by atoms with E-state index in [1.807, 2.05) is 37.0 Å². The summed E-state index contributed by atoms with van der Waals surface area (Å²) < 4.78 is 0. The number of carbonyl (C=O) groups excluding carboxylic acids is 1. The molecular formula is C18H29N5OS. The number of pyridine rings is 1. The van der Waals surface area contributed by atoms with Gasteiger partial charge in [0.15, 0.2) is 5.96 Å². The number of carbonyl (C=O) groups is 1. The molecule has 6 nitrogen and oxygen atoms in total. The molecule has 138 valence electrons. The molecule has 0 radical (unpaired) electrons. The Morgan fingerprint density at radius 1 is 1.44 bits per heavy atom. The molecule has 0 aromatic carbocycles. The highest BCUT2D eigenvalue weighted by Crippen LogP contribution is 2.27. The van der Waals surface area contributed by atoms with Gasteiger partial charge in [0.2, 0.25) is 5.91 Å². The first-order valence-corrected chi connectivity index (χ1v) is 10.0. The zero-order chi connectivity index (χ0) is 18.1. The maximum atomic E-state index is 12.3.